The second-order valence-corrected chi connectivity index (χ2v) is 4.09. The SMILES string of the molecule is CCCCCCC(CN)CCCC.O.O. The van der Waals surface area contributed by atoms with Crippen LogP contribution in [0.25, 0.3) is 0 Å². The van der Waals surface area contributed by atoms with Gasteiger partial charge in [0.1, 0.15) is 0 Å². The fraction of sp³-hybridized carbons (Fsp3) is 1.00. The maximum atomic E-state index is 5.73. The number of hydrogen-bond donors (Lipinski definition) is 1. The van der Waals surface area contributed by atoms with Gasteiger partial charge in [-0.1, -0.05) is 52.4 Å². The summed E-state index contributed by atoms with van der Waals surface area (Å²) < 4.78 is 0. The summed E-state index contributed by atoms with van der Waals surface area (Å²) in [5, 5.41) is 0. The van der Waals surface area contributed by atoms with Gasteiger partial charge in [-0.2, -0.15) is 0 Å². The Labute approximate surface area is 95.1 Å². The molecule has 0 aliphatic carbocycles. The van der Waals surface area contributed by atoms with E-state index in [0.29, 0.717) is 0 Å². The molecule has 0 heterocycles. The van der Waals surface area contributed by atoms with E-state index in [-0.39, 0.29) is 11.0 Å². The molecule has 0 spiro atoms. The third-order valence-electron chi connectivity index (χ3n) is 2.77. The minimum absolute atomic E-state index is 0. The summed E-state index contributed by atoms with van der Waals surface area (Å²) >= 11 is 0. The zero-order valence-electron chi connectivity index (χ0n) is 10.5. The highest BCUT2D eigenvalue weighted by molar-refractivity contribution is 4.60. The largest absolute Gasteiger partial charge is 0.412 e. The smallest absolute Gasteiger partial charge is 0.00489 e. The van der Waals surface area contributed by atoms with Gasteiger partial charge >= 0.3 is 0 Å². The van der Waals surface area contributed by atoms with Crippen molar-refractivity contribution in [2.75, 3.05) is 6.54 Å². The first-order valence-electron chi connectivity index (χ1n) is 6.05. The Bertz CT molecular complexity index is 99.6. The third-order valence-corrected chi connectivity index (χ3v) is 2.77. The average Bonchev–Trinajstić information content (AvgIpc) is 2.17. The summed E-state index contributed by atoms with van der Waals surface area (Å²) in [6.07, 6.45) is 10.9. The zero-order chi connectivity index (χ0) is 9.94. The normalized spacial score (nSPS) is 11.4. The molecule has 3 nitrogen and oxygen atoms in total. The van der Waals surface area contributed by atoms with E-state index in [2.05, 4.69) is 13.8 Å². The van der Waals surface area contributed by atoms with Crippen LogP contribution in [0.3, 0.4) is 0 Å². The number of hydrogen-bond acceptors (Lipinski definition) is 1. The van der Waals surface area contributed by atoms with E-state index in [0.717, 1.165) is 12.5 Å². The monoisotopic (exact) mass is 221 g/mol. The van der Waals surface area contributed by atoms with Gasteiger partial charge in [-0.15, -0.1) is 0 Å². The van der Waals surface area contributed by atoms with Gasteiger partial charge in [0.05, 0.1) is 0 Å². The molecule has 0 radical (unpaired) electrons. The van der Waals surface area contributed by atoms with E-state index in [1.807, 2.05) is 0 Å². The Morgan fingerprint density at radius 1 is 0.800 bits per heavy atom. The van der Waals surface area contributed by atoms with Crippen molar-refractivity contribution in [2.45, 2.75) is 65.2 Å². The molecule has 3 heteroatoms. The maximum Gasteiger partial charge on any atom is -0.00489 e. The van der Waals surface area contributed by atoms with Crippen LogP contribution >= 0.6 is 0 Å². The highest BCUT2D eigenvalue weighted by Gasteiger charge is 2.04. The Morgan fingerprint density at radius 2 is 1.33 bits per heavy atom. The molecule has 0 fully saturated rings. The molecule has 96 valence electrons. The Balaban J connectivity index is -0.000000720. The predicted octanol–water partition coefficient (Wildman–Crippen LogP) is 2.07. The van der Waals surface area contributed by atoms with Gasteiger partial charge < -0.3 is 16.7 Å². The van der Waals surface area contributed by atoms with Crippen LogP contribution in [0.15, 0.2) is 0 Å². The van der Waals surface area contributed by atoms with Crippen LogP contribution in [0.2, 0.25) is 0 Å². The van der Waals surface area contributed by atoms with E-state index in [1.54, 1.807) is 0 Å². The van der Waals surface area contributed by atoms with Gasteiger partial charge in [0.15, 0.2) is 0 Å². The third kappa shape index (κ3) is 13.9. The first kappa shape index (κ1) is 20.3. The minimum atomic E-state index is 0. The zero-order valence-corrected chi connectivity index (χ0v) is 10.5. The maximum absolute atomic E-state index is 5.73. The van der Waals surface area contributed by atoms with Crippen molar-refractivity contribution in [3.8, 4) is 0 Å². The Kier molecular flexibility index (Phi) is 22.1. The first-order chi connectivity index (χ1) is 6.35. The van der Waals surface area contributed by atoms with Crippen molar-refractivity contribution in [2.24, 2.45) is 11.7 Å². The predicted molar refractivity (Wildman–Crippen MR) is 68.1 cm³/mol. The highest BCUT2D eigenvalue weighted by Crippen LogP contribution is 2.15. The summed E-state index contributed by atoms with van der Waals surface area (Å²) in [6, 6.07) is 0. The summed E-state index contributed by atoms with van der Waals surface area (Å²) in [6.45, 7) is 5.41. The molecule has 0 bridgehead atoms. The molecule has 0 saturated carbocycles. The summed E-state index contributed by atoms with van der Waals surface area (Å²) in [4.78, 5) is 0. The van der Waals surface area contributed by atoms with Crippen molar-refractivity contribution in [3.63, 3.8) is 0 Å². The first-order valence-corrected chi connectivity index (χ1v) is 6.05. The minimum Gasteiger partial charge on any atom is -0.412 e. The van der Waals surface area contributed by atoms with E-state index in [1.165, 1.54) is 51.4 Å². The van der Waals surface area contributed by atoms with Crippen molar-refractivity contribution in [3.05, 3.63) is 0 Å². The number of rotatable bonds is 9. The molecule has 0 aromatic carbocycles. The van der Waals surface area contributed by atoms with Crippen LogP contribution in [-0.2, 0) is 0 Å². The van der Waals surface area contributed by atoms with E-state index in [9.17, 15) is 0 Å². The lowest BCUT2D eigenvalue weighted by molar-refractivity contribution is 0.421. The van der Waals surface area contributed by atoms with Crippen LogP contribution < -0.4 is 5.73 Å². The Hall–Kier alpha value is -0.120. The van der Waals surface area contributed by atoms with Crippen molar-refractivity contribution in [1.82, 2.24) is 0 Å². The molecule has 1 atom stereocenters. The van der Waals surface area contributed by atoms with Crippen molar-refractivity contribution in [1.29, 1.82) is 0 Å². The van der Waals surface area contributed by atoms with Gasteiger partial charge in [0, 0.05) is 0 Å². The second-order valence-electron chi connectivity index (χ2n) is 4.09. The van der Waals surface area contributed by atoms with E-state index >= 15 is 0 Å². The molecule has 0 aliphatic rings. The van der Waals surface area contributed by atoms with Crippen LogP contribution in [-0.4, -0.2) is 17.5 Å². The van der Waals surface area contributed by atoms with Crippen LogP contribution in [0.5, 0.6) is 0 Å². The van der Waals surface area contributed by atoms with Crippen molar-refractivity contribution >= 4 is 0 Å². The summed E-state index contributed by atoms with van der Waals surface area (Å²) in [5.41, 5.74) is 5.73. The van der Waals surface area contributed by atoms with Crippen molar-refractivity contribution < 1.29 is 11.0 Å². The molecular weight excluding hydrogens is 190 g/mol. The van der Waals surface area contributed by atoms with Gasteiger partial charge in [-0.05, 0) is 25.3 Å². The van der Waals surface area contributed by atoms with Gasteiger partial charge in [0.25, 0.3) is 0 Å². The lowest BCUT2D eigenvalue weighted by Gasteiger charge is -2.13. The quantitative estimate of drug-likeness (QED) is 0.593. The van der Waals surface area contributed by atoms with Gasteiger partial charge in [-0.3, -0.25) is 0 Å². The topological polar surface area (TPSA) is 89.0 Å². The average molecular weight is 221 g/mol. The molecule has 0 saturated heterocycles. The molecule has 1 unspecified atom stereocenters. The molecule has 0 rings (SSSR count). The molecular formula is C12H31NO2. The fourth-order valence-electron chi connectivity index (χ4n) is 1.73. The van der Waals surface area contributed by atoms with E-state index < -0.39 is 0 Å². The Morgan fingerprint density at radius 3 is 1.80 bits per heavy atom. The van der Waals surface area contributed by atoms with Gasteiger partial charge in [0.2, 0.25) is 0 Å². The van der Waals surface area contributed by atoms with Gasteiger partial charge in [-0.25, -0.2) is 0 Å². The summed E-state index contributed by atoms with van der Waals surface area (Å²) in [7, 11) is 0. The lowest BCUT2D eigenvalue weighted by Crippen LogP contribution is -2.14. The number of nitrogens with two attached hydrogens (primary N) is 1. The summed E-state index contributed by atoms with van der Waals surface area (Å²) in [5.74, 6) is 0.803. The molecule has 0 aromatic rings. The van der Waals surface area contributed by atoms with Crippen LogP contribution in [0.1, 0.15) is 65.2 Å². The molecule has 6 N–H and O–H groups in total. The standard InChI is InChI=1S/C12H27N.2H2O/c1-3-5-7-8-10-12(11-13)9-6-4-2;;/h12H,3-11,13H2,1-2H3;2*1H2. The van der Waals surface area contributed by atoms with Crippen LogP contribution in [0, 0.1) is 5.92 Å². The van der Waals surface area contributed by atoms with Crippen LogP contribution in [0.4, 0.5) is 0 Å². The van der Waals surface area contributed by atoms with E-state index in [4.69, 9.17) is 5.73 Å². The fourth-order valence-corrected chi connectivity index (χ4v) is 1.73. The molecule has 0 aromatic heterocycles. The lowest BCUT2D eigenvalue weighted by atomic mass is 9.95. The molecule has 15 heavy (non-hydrogen) atoms. The highest BCUT2D eigenvalue weighted by atomic mass is 16.0. The molecule has 0 aliphatic heterocycles. The number of unbranched alkanes of at least 4 members (excludes halogenated alkanes) is 4. The second kappa shape index (κ2) is 16.3. The molecule has 0 amide bonds.